The highest BCUT2D eigenvalue weighted by molar-refractivity contribution is 7.17. The summed E-state index contributed by atoms with van der Waals surface area (Å²) in [4.78, 5) is 4.74. The lowest BCUT2D eigenvalue weighted by Gasteiger charge is -2.22. The summed E-state index contributed by atoms with van der Waals surface area (Å²) < 4.78 is 7.63. The highest BCUT2D eigenvalue weighted by atomic mass is 32.1. The molecule has 0 aliphatic rings. The molecular weight excluding hydrogens is 350 g/mol. The fraction of sp³-hybridized carbons (Fsp3) is 0.208. The van der Waals surface area contributed by atoms with Crippen LogP contribution in [0.25, 0.3) is 43.3 Å². The molecule has 2 nitrogen and oxygen atoms in total. The molecule has 5 rings (SSSR count). The molecule has 3 aromatic heterocycles. The standard InChI is InChI=1S/C24H21NOS/c1-14-13-25-19(12-18(14)24(2,3)4)15-6-5-7-17-22-16-10-11-27-21(16)9-8-20(22)26-23(15)17/h5-13H,1-4H3. The number of hydrogen-bond acceptors (Lipinski definition) is 3. The molecule has 27 heavy (non-hydrogen) atoms. The molecule has 0 saturated heterocycles. The summed E-state index contributed by atoms with van der Waals surface area (Å²) in [5, 5.41) is 5.77. The average Bonchev–Trinajstić information content (AvgIpc) is 3.24. The van der Waals surface area contributed by atoms with Crippen molar-refractivity contribution in [2.24, 2.45) is 0 Å². The number of fused-ring (bicyclic) bond motifs is 5. The SMILES string of the molecule is Cc1cnc(-c2cccc3c2oc2ccc4sccc4c23)cc1C(C)(C)C. The number of nitrogens with zero attached hydrogens (tertiary/aromatic N) is 1. The summed E-state index contributed by atoms with van der Waals surface area (Å²) in [6.07, 6.45) is 1.98. The second kappa shape index (κ2) is 5.67. The van der Waals surface area contributed by atoms with Crippen LogP contribution in [-0.4, -0.2) is 4.98 Å². The number of pyridine rings is 1. The first-order chi connectivity index (χ1) is 12.9. The van der Waals surface area contributed by atoms with Gasteiger partial charge in [0.1, 0.15) is 11.2 Å². The van der Waals surface area contributed by atoms with E-state index in [1.165, 1.54) is 26.6 Å². The summed E-state index contributed by atoms with van der Waals surface area (Å²) in [5.74, 6) is 0. The molecule has 0 saturated carbocycles. The molecule has 0 amide bonds. The van der Waals surface area contributed by atoms with Crippen LogP contribution in [0.5, 0.6) is 0 Å². The Hall–Kier alpha value is -2.65. The Kier molecular flexibility index (Phi) is 3.47. The predicted molar refractivity (Wildman–Crippen MR) is 116 cm³/mol. The lowest BCUT2D eigenvalue weighted by atomic mass is 9.84. The molecule has 0 aliphatic heterocycles. The Morgan fingerprint density at radius 1 is 1.00 bits per heavy atom. The van der Waals surface area contributed by atoms with Gasteiger partial charge in [-0.1, -0.05) is 32.9 Å². The van der Waals surface area contributed by atoms with Gasteiger partial charge in [0, 0.05) is 32.6 Å². The highest BCUT2D eigenvalue weighted by Crippen LogP contribution is 2.40. The van der Waals surface area contributed by atoms with Gasteiger partial charge in [-0.25, -0.2) is 0 Å². The largest absolute Gasteiger partial charge is 0.455 e. The van der Waals surface area contributed by atoms with E-state index >= 15 is 0 Å². The third kappa shape index (κ3) is 2.49. The number of thiophene rings is 1. The Labute approximate surface area is 162 Å². The third-order valence-electron chi connectivity index (χ3n) is 5.28. The van der Waals surface area contributed by atoms with Gasteiger partial charge in [0.15, 0.2) is 0 Å². The van der Waals surface area contributed by atoms with Crippen molar-refractivity contribution in [1.29, 1.82) is 0 Å². The minimum Gasteiger partial charge on any atom is -0.455 e. The molecule has 0 unspecified atom stereocenters. The molecule has 134 valence electrons. The summed E-state index contributed by atoms with van der Waals surface area (Å²) >= 11 is 1.77. The Balaban J connectivity index is 1.83. The van der Waals surface area contributed by atoms with Crippen molar-refractivity contribution in [3.63, 3.8) is 0 Å². The van der Waals surface area contributed by atoms with Crippen LogP contribution in [0.2, 0.25) is 0 Å². The van der Waals surface area contributed by atoms with Gasteiger partial charge >= 0.3 is 0 Å². The van der Waals surface area contributed by atoms with Gasteiger partial charge in [-0.2, -0.15) is 0 Å². The lowest BCUT2D eigenvalue weighted by Crippen LogP contribution is -2.13. The van der Waals surface area contributed by atoms with E-state index in [-0.39, 0.29) is 5.41 Å². The number of furan rings is 1. The highest BCUT2D eigenvalue weighted by Gasteiger charge is 2.20. The van der Waals surface area contributed by atoms with E-state index in [1.807, 2.05) is 6.20 Å². The minimum absolute atomic E-state index is 0.0758. The maximum atomic E-state index is 6.34. The number of benzene rings is 2. The Bertz CT molecular complexity index is 1320. The van der Waals surface area contributed by atoms with E-state index in [0.717, 1.165) is 27.8 Å². The third-order valence-corrected chi connectivity index (χ3v) is 6.16. The van der Waals surface area contributed by atoms with E-state index in [1.54, 1.807) is 11.3 Å². The van der Waals surface area contributed by atoms with E-state index in [9.17, 15) is 0 Å². The van der Waals surface area contributed by atoms with Gasteiger partial charge in [-0.05, 0) is 59.2 Å². The summed E-state index contributed by atoms with van der Waals surface area (Å²) in [6.45, 7) is 8.86. The van der Waals surface area contributed by atoms with Crippen LogP contribution in [0, 0.1) is 6.92 Å². The molecule has 0 aliphatic carbocycles. The first kappa shape index (κ1) is 16.5. The first-order valence-corrected chi connectivity index (χ1v) is 10.1. The van der Waals surface area contributed by atoms with Crippen LogP contribution in [-0.2, 0) is 5.41 Å². The van der Waals surface area contributed by atoms with Crippen molar-refractivity contribution in [1.82, 2.24) is 4.98 Å². The molecule has 5 aromatic rings. The van der Waals surface area contributed by atoms with Gasteiger partial charge in [0.25, 0.3) is 0 Å². The van der Waals surface area contributed by atoms with Crippen molar-refractivity contribution < 1.29 is 4.42 Å². The fourth-order valence-corrected chi connectivity index (χ4v) is 4.82. The second-order valence-corrected chi connectivity index (χ2v) is 9.14. The second-order valence-electron chi connectivity index (χ2n) is 8.19. The number of hydrogen-bond donors (Lipinski definition) is 0. The molecule has 0 bridgehead atoms. The van der Waals surface area contributed by atoms with Crippen LogP contribution in [0.3, 0.4) is 0 Å². The van der Waals surface area contributed by atoms with Crippen LogP contribution < -0.4 is 0 Å². The summed E-state index contributed by atoms with van der Waals surface area (Å²) in [7, 11) is 0. The van der Waals surface area contributed by atoms with Crippen LogP contribution in [0.1, 0.15) is 31.9 Å². The number of para-hydroxylation sites is 1. The Morgan fingerprint density at radius 2 is 1.85 bits per heavy atom. The average molecular weight is 372 g/mol. The zero-order chi connectivity index (χ0) is 18.8. The predicted octanol–water partition coefficient (Wildman–Crippen LogP) is 7.47. The van der Waals surface area contributed by atoms with Crippen molar-refractivity contribution in [3.8, 4) is 11.3 Å². The molecule has 0 N–H and O–H groups in total. The van der Waals surface area contributed by atoms with Gasteiger partial charge < -0.3 is 4.42 Å². The topological polar surface area (TPSA) is 26.0 Å². The van der Waals surface area contributed by atoms with Gasteiger partial charge in [0.2, 0.25) is 0 Å². The van der Waals surface area contributed by atoms with Crippen molar-refractivity contribution in [3.05, 3.63) is 65.2 Å². The van der Waals surface area contributed by atoms with Crippen LogP contribution >= 0.6 is 11.3 Å². The molecule has 0 fully saturated rings. The number of aromatic nitrogens is 1. The molecule has 3 heteroatoms. The molecule has 0 radical (unpaired) electrons. The smallest absolute Gasteiger partial charge is 0.144 e. The lowest BCUT2D eigenvalue weighted by molar-refractivity contribution is 0.585. The quantitative estimate of drug-likeness (QED) is 0.305. The summed E-state index contributed by atoms with van der Waals surface area (Å²) in [5.41, 5.74) is 6.50. The van der Waals surface area contributed by atoms with Crippen LogP contribution in [0.15, 0.2) is 58.5 Å². The van der Waals surface area contributed by atoms with E-state index < -0.39 is 0 Å². The fourth-order valence-electron chi connectivity index (χ4n) is 4.02. The first-order valence-electron chi connectivity index (χ1n) is 9.22. The molecular formula is C24H21NOS. The molecule has 2 aromatic carbocycles. The minimum atomic E-state index is 0.0758. The summed E-state index contributed by atoms with van der Waals surface area (Å²) in [6, 6.07) is 15.0. The van der Waals surface area contributed by atoms with E-state index in [4.69, 9.17) is 9.40 Å². The van der Waals surface area contributed by atoms with Crippen molar-refractivity contribution in [2.75, 3.05) is 0 Å². The van der Waals surface area contributed by atoms with Gasteiger partial charge in [-0.3, -0.25) is 4.98 Å². The van der Waals surface area contributed by atoms with E-state index in [2.05, 4.69) is 75.5 Å². The van der Waals surface area contributed by atoms with E-state index in [0.29, 0.717) is 0 Å². The number of rotatable bonds is 1. The molecule has 0 spiro atoms. The van der Waals surface area contributed by atoms with Crippen molar-refractivity contribution >= 4 is 43.4 Å². The monoisotopic (exact) mass is 371 g/mol. The molecule has 0 atom stereocenters. The zero-order valence-corrected chi connectivity index (χ0v) is 16.8. The zero-order valence-electron chi connectivity index (χ0n) is 16.0. The Morgan fingerprint density at radius 3 is 2.67 bits per heavy atom. The molecule has 3 heterocycles. The maximum absolute atomic E-state index is 6.34. The van der Waals surface area contributed by atoms with Gasteiger partial charge in [-0.15, -0.1) is 11.3 Å². The normalized spacial score (nSPS) is 12.4. The van der Waals surface area contributed by atoms with Crippen molar-refractivity contribution in [2.45, 2.75) is 33.1 Å². The maximum Gasteiger partial charge on any atom is 0.144 e. The van der Waals surface area contributed by atoms with Gasteiger partial charge in [0.05, 0.1) is 5.69 Å². The van der Waals surface area contributed by atoms with Crippen LogP contribution in [0.4, 0.5) is 0 Å². The number of aryl methyl sites for hydroxylation is 1.